The number of likely N-dealkylation sites (tertiary alicyclic amines) is 1. The summed E-state index contributed by atoms with van der Waals surface area (Å²) in [7, 11) is 0. The minimum absolute atomic E-state index is 0.214. The van der Waals surface area contributed by atoms with E-state index in [9.17, 15) is 18.0 Å². The normalized spacial score (nSPS) is 17.8. The van der Waals surface area contributed by atoms with Gasteiger partial charge in [-0.2, -0.15) is 18.3 Å². The molecule has 5 nitrogen and oxygen atoms in total. The van der Waals surface area contributed by atoms with Crippen molar-refractivity contribution in [2.45, 2.75) is 70.6 Å². The number of benzene rings is 1. The molecule has 168 valence electrons. The fourth-order valence-corrected chi connectivity index (χ4v) is 4.61. The highest BCUT2D eigenvalue weighted by Crippen LogP contribution is 2.35. The van der Waals surface area contributed by atoms with E-state index >= 15 is 0 Å². The Morgan fingerprint density at radius 1 is 0.968 bits per heavy atom. The van der Waals surface area contributed by atoms with Crippen LogP contribution in [0.3, 0.4) is 0 Å². The first-order chi connectivity index (χ1) is 14.9. The predicted molar refractivity (Wildman–Crippen MR) is 113 cm³/mol. The lowest BCUT2D eigenvalue weighted by Gasteiger charge is -2.26. The maximum atomic E-state index is 13.4. The zero-order chi connectivity index (χ0) is 21.8. The number of nitrogens with zero attached hydrogens (tertiary/aromatic N) is 3. The molecule has 31 heavy (non-hydrogen) atoms. The quantitative estimate of drug-likeness (QED) is 0.688. The molecule has 2 aliphatic rings. The van der Waals surface area contributed by atoms with E-state index in [0.717, 1.165) is 38.9 Å². The average molecular weight is 435 g/mol. The number of nitrogens with one attached hydrogen (secondary N) is 1. The smallest absolute Gasteiger partial charge is 0.324 e. The molecule has 0 radical (unpaired) electrons. The molecule has 2 aromatic rings. The second-order valence-corrected chi connectivity index (χ2v) is 8.57. The van der Waals surface area contributed by atoms with Crippen molar-refractivity contribution in [3.8, 4) is 0 Å². The molecular weight excluding hydrogens is 405 g/mol. The molecule has 1 N–H and O–H groups in total. The van der Waals surface area contributed by atoms with Gasteiger partial charge < -0.3 is 5.32 Å². The van der Waals surface area contributed by atoms with E-state index in [1.165, 1.54) is 29.5 Å². The number of hydrogen-bond donors (Lipinski definition) is 1. The zero-order valence-electron chi connectivity index (χ0n) is 17.7. The molecule has 0 atom stereocenters. The van der Waals surface area contributed by atoms with Gasteiger partial charge in [-0.1, -0.05) is 25.0 Å². The van der Waals surface area contributed by atoms with Crippen molar-refractivity contribution in [2.75, 3.05) is 18.4 Å². The van der Waals surface area contributed by atoms with Crippen LogP contribution in [0.25, 0.3) is 0 Å². The first-order valence-corrected chi connectivity index (χ1v) is 11.2. The van der Waals surface area contributed by atoms with Crippen LogP contribution in [0, 0.1) is 0 Å². The van der Waals surface area contributed by atoms with E-state index in [4.69, 9.17) is 0 Å². The molecule has 0 bridgehead atoms. The molecule has 0 spiro atoms. The number of halogens is 3. The Bertz CT molecular complexity index is 899. The Kier molecular flexibility index (Phi) is 6.65. The summed E-state index contributed by atoms with van der Waals surface area (Å²) in [6, 6.07) is 7.68. The van der Waals surface area contributed by atoms with Gasteiger partial charge in [0.1, 0.15) is 6.54 Å². The molecule has 0 saturated carbocycles. The van der Waals surface area contributed by atoms with Crippen molar-refractivity contribution in [1.29, 1.82) is 0 Å². The summed E-state index contributed by atoms with van der Waals surface area (Å²) >= 11 is 0. The van der Waals surface area contributed by atoms with Gasteiger partial charge in [-0.15, -0.1) is 0 Å². The van der Waals surface area contributed by atoms with Crippen molar-refractivity contribution < 1.29 is 18.0 Å². The van der Waals surface area contributed by atoms with E-state index in [2.05, 4.69) is 15.3 Å². The summed E-state index contributed by atoms with van der Waals surface area (Å²) in [6.45, 7) is 2.92. The molecule has 1 fully saturated rings. The van der Waals surface area contributed by atoms with Gasteiger partial charge in [0.15, 0.2) is 5.69 Å². The number of piperidine rings is 1. The average Bonchev–Trinajstić information content (AvgIpc) is 2.92. The fraction of sp³-hybridized carbons (Fsp3) is 0.565. The van der Waals surface area contributed by atoms with Gasteiger partial charge in [-0.3, -0.25) is 14.4 Å². The van der Waals surface area contributed by atoms with Gasteiger partial charge in [-0.05, 0) is 69.3 Å². The van der Waals surface area contributed by atoms with Gasteiger partial charge in [-0.25, -0.2) is 0 Å². The van der Waals surface area contributed by atoms with Crippen molar-refractivity contribution in [1.82, 2.24) is 14.7 Å². The lowest BCUT2D eigenvalue weighted by atomic mass is 10.1. The Balaban J connectivity index is 1.41. The van der Waals surface area contributed by atoms with E-state index < -0.39 is 11.9 Å². The predicted octanol–water partition coefficient (Wildman–Crippen LogP) is 4.80. The van der Waals surface area contributed by atoms with Crippen molar-refractivity contribution in [2.24, 2.45) is 0 Å². The lowest BCUT2D eigenvalue weighted by molar-refractivity contribution is -0.142. The van der Waals surface area contributed by atoms with Crippen LogP contribution in [0.15, 0.2) is 24.3 Å². The second kappa shape index (κ2) is 9.42. The number of hydrogen-bond acceptors (Lipinski definition) is 3. The fourth-order valence-electron chi connectivity index (χ4n) is 4.61. The van der Waals surface area contributed by atoms with E-state index in [1.54, 1.807) is 0 Å². The minimum Gasteiger partial charge on any atom is -0.324 e. The van der Waals surface area contributed by atoms with Crippen molar-refractivity contribution >= 4 is 11.6 Å². The first-order valence-electron chi connectivity index (χ1n) is 11.2. The third-order valence-corrected chi connectivity index (χ3v) is 6.16. The number of aromatic nitrogens is 2. The number of anilines is 1. The summed E-state index contributed by atoms with van der Waals surface area (Å²) < 4.78 is 41.5. The van der Waals surface area contributed by atoms with E-state index in [1.807, 2.05) is 24.3 Å². The molecule has 1 aliphatic carbocycles. The van der Waals surface area contributed by atoms with Crippen LogP contribution in [0.1, 0.15) is 61.0 Å². The van der Waals surface area contributed by atoms with Crippen LogP contribution >= 0.6 is 0 Å². The molecule has 1 saturated heterocycles. The molecule has 0 unspecified atom stereocenters. The largest absolute Gasteiger partial charge is 0.435 e. The summed E-state index contributed by atoms with van der Waals surface area (Å²) in [5.41, 5.74) is 1.81. The zero-order valence-corrected chi connectivity index (χ0v) is 17.7. The SMILES string of the molecule is O=C(Cn1nc(C(F)(F)F)c2c1CCCCC2)Nc1ccc(CN2CCCCC2)cc1. The Hall–Kier alpha value is -2.35. The summed E-state index contributed by atoms with van der Waals surface area (Å²) in [6.07, 6.45) is 2.59. The van der Waals surface area contributed by atoms with Crippen LogP contribution in [0.4, 0.5) is 18.9 Å². The van der Waals surface area contributed by atoms with Gasteiger partial charge in [0.05, 0.1) is 0 Å². The topological polar surface area (TPSA) is 50.2 Å². The Labute approximate surface area is 180 Å². The molecule has 4 rings (SSSR count). The molecule has 1 aliphatic heterocycles. The summed E-state index contributed by atoms with van der Waals surface area (Å²) in [4.78, 5) is 15.0. The number of rotatable bonds is 5. The molecule has 1 amide bonds. The van der Waals surface area contributed by atoms with Crippen LogP contribution in [0.2, 0.25) is 0 Å². The molecule has 2 heterocycles. The van der Waals surface area contributed by atoms with E-state index in [-0.39, 0.29) is 18.0 Å². The highest BCUT2D eigenvalue weighted by Gasteiger charge is 2.39. The summed E-state index contributed by atoms with van der Waals surface area (Å²) in [5.74, 6) is -0.368. The second-order valence-electron chi connectivity index (χ2n) is 8.57. The van der Waals surface area contributed by atoms with Crippen LogP contribution in [-0.2, 0) is 36.9 Å². The van der Waals surface area contributed by atoms with Gasteiger partial charge in [0, 0.05) is 23.5 Å². The molecule has 8 heteroatoms. The molecule has 1 aromatic heterocycles. The lowest BCUT2D eigenvalue weighted by Crippen LogP contribution is -2.29. The van der Waals surface area contributed by atoms with E-state index in [0.29, 0.717) is 24.2 Å². The Morgan fingerprint density at radius 3 is 2.35 bits per heavy atom. The maximum absolute atomic E-state index is 13.4. The Morgan fingerprint density at radius 2 is 1.65 bits per heavy atom. The van der Waals surface area contributed by atoms with Crippen molar-refractivity contribution in [3.05, 3.63) is 46.8 Å². The number of alkyl halides is 3. The number of carbonyl (C=O) groups excluding carboxylic acids is 1. The van der Waals surface area contributed by atoms with Crippen LogP contribution in [0.5, 0.6) is 0 Å². The third kappa shape index (κ3) is 5.47. The third-order valence-electron chi connectivity index (χ3n) is 6.16. The highest BCUT2D eigenvalue weighted by molar-refractivity contribution is 5.90. The monoisotopic (exact) mass is 434 g/mol. The first kappa shape index (κ1) is 21.9. The standard InChI is InChI=1S/C23H29F3N4O/c24-23(25,26)22-19-7-3-1-4-8-20(19)30(28-22)16-21(31)27-18-11-9-17(10-12-18)15-29-13-5-2-6-14-29/h9-12H,1-8,13-16H2,(H,27,31). The molecule has 1 aromatic carbocycles. The summed E-state index contributed by atoms with van der Waals surface area (Å²) in [5, 5.41) is 6.59. The van der Waals surface area contributed by atoms with Gasteiger partial charge in [0.2, 0.25) is 5.91 Å². The van der Waals surface area contributed by atoms with Crippen LogP contribution in [-0.4, -0.2) is 33.7 Å². The minimum atomic E-state index is -4.50. The number of amides is 1. The van der Waals surface area contributed by atoms with Crippen LogP contribution < -0.4 is 5.32 Å². The highest BCUT2D eigenvalue weighted by atomic mass is 19.4. The van der Waals surface area contributed by atoms with Gasteiger partial charge >= 0.3 is 6.18 Å². The maximum Gasteiger partial charge on any atom is 0.435 e. The molecular formula is C23H29F3N4O. The van der Waals surface area contributed by atoms with Gasteiger partial charge in [0.25, 0.3) is 0 Å². The number of carbonyl (C=O) groups is 1. The van der Waals surface area contributed by atoms with Crippen molar-refractivity contribution in [3.63, 3.8) is 0 Å². The number of fused-ring (bicyclic) bond motifs is 1.